The third-order valence-electron chi connectivity index (χ3n) is 6.23. The molecule has 1 aliphatic heterocycles. The van der Waals surface area contributed by atoms with Crippen LogP contribution in [0.15, 0.2) is 72.6 Å². The van der Waals surface area contributed by atoms with Crippen LogP contribution in [0, 0.1) is 5.41 Å². The summed E-state index contributed by atoms with van der Waals surface area (Å²) >= 11 is 9.03. The Labute approximate surface area is 252 Å². The number of benzene rings is 2. The summed E-state index contributed by atoms with van der Waals surface area (Å²) in [6, 6.07) is 11.8. The van der Waals surface area contributed by atoms with E-state index in [2.05, 4.69) is 56.9 Å². The Hall–Kier alpha value is -3.21. The maximum Gasteiger partial charge on any atom is 0.254 e. The van der Waals surface area contributed by atoms with E-state index in [9.17, 15) is 4.79 Å². The molecule has 40 heavy (non-hydrogen) atoms. The highest BCUT2D eigenvalue weighted by Gasteiger charge is 2.19. The van der Waals surface area contributed by atoms with Gasteiger partial charge in [0.1, 0.15) is 6.17 Å². The highest BCUT2D eigenvalue weighted by atomic mass is 127. The number of amides is 1. The van der Waals surface area contributed by atoms with Crippen molar-refractivity contribution < 1.29 is 4.79 Å². The van der Waals surface area contributed by atoms with E-state index in [1.165, 1.54) is 12.8 Å². The van der Waals surface area contributed by atoms with Gasteiger partial charge in [0.2, 0.25) is 0 Å². The summed E-state index contributed by atoms with van der Waals surface area (Å²) in [6.07, 6.45) is 12.6. The van der Waals surface area contributed by atoms with Crippen LogP contribution in [0.25, 0.3) is 27.5 Å². The van der Waals surface area contributed by atoms with Crippen LogP contribution >= 0.6 is 40.0 Å². The van der Waals surface area contributed by atoms with Crippen molar-refractivity contribution in [2.45, 2.75) is 39.8 Å². The van der Waals surface area contributed by atoms with Crippen molar-refractivity contribution in [1.82, 2.24) is 30.0 Å². The number of allylic oxidation sites excluding steroid dienone is 3. The van der Waals surface area contributed by atoms with E-state index in [1.807, 2.05) is 57.7 Å². The van der Waals surface area contributed by atoms with Gasteiger partial charge in [-0.1, -0.05) is 56.5 Å². The van der Waals surface area contributed by atoms with Crippen LogP contribution in [0.5, 0.6) is 0 Å². The van der Waals surface area contributed by atoms with Crippen molar-refractivity contribution >= 4 is 91.1 Å². The van der Waals surface area contributed by atoms with E-state index in [1.54, 1.807) is 25.4 Å². The van der Waals surface area contributed by atoms with Gasteiger partial charge < -0.3 is 21.4 Å². The molecule has 0 saturated carbocycles. The summed E-state index contributed by atoms with van der Waals surface area (Å²) in [5.74, 6) is 0.323. The Bertz CT molecular complexity index is 1620. The first-order chi connectivity index (χ1) is 19.4. The Kier molecular flexibility index (Phi) is 10.4. The molecule has 0 radical (unpaired) electrons. The van der Waals surface area contributed by atoms with E-state index in [4.69, 9.17) is 22.1 Å². The van der Waals surface area contributed by atoms with E-state index < -0.39 is 6.17 Å². The van der Waals surface area contributed by atoms with Crippen molar-refractivity contribution in [1.29, 1.82) is 5.41 Å². The average Bonchev–Trinajstić information content (AvgIpc) is 3.57. The molecule has 0 bridgehead atoms. The molecular formula is C28H31ClIN8OP. The molecule has 1 amide bonds. The number of aromatic nitrogens is 4. The Balaban J connectivity index is 0.000000867. The molecule has 208 valence electrons. The number of carbonyl (C=O) groups is 1. The Morgan fingerprint density at radius 3 is 2.67 bits per heavy atom. The molecule has 0 fully saturated rings. The number of para-hydroxylation sites is 1. The third-order valence-corrected chi connectivity index (χ3v) is 8.53. The SMILES string of the molecule is C/C=C(\C=N)C(=O)NC1C=C(n2nc(Nc3ccc4c(cnn4PI)c3Cl)c3ccccc32)C=CN1.CCCC. The average molecular weight is 689 g/mol. The second-order valence-electron chi connectivity index (χ2n) is 8.83. The van der Waals surface area contributed by atoms with Crippen LogP contribution in [0.3, 0.4) is 0 Å². The quantitative estimate of drug-likeness (QED) is 0.0668. The molecule has 5 rings (SSSR count). The van der Waals surface area contributed by atoms with Gasteiger partial charge in [-0.15, -0.1) is 5.10 Å². The lowest BCUT2D eigenvalue weighted by Gasteiger charge is -2.20. The number of hydrogen-bond donors (Lipinski definition) is 4. The maximum absolute atomic E-state index is 12.4. The van der Waals surface area contributed by atoms with E-state index in [0.717, 1.165) is 39.4 Å². The zero-order valence-corrected chi connectivity index (χ0v) is 26.3. The van der Waals surface area contributed by atoms with Crippen molar-refractivity contribution in [3.05, 3.63) is 77.6 Å². The number of unbranched alkanes of at least 4 members (excludes halogenated alkanes) is 1. The fraction of sp³-hybridized carbons (Fsp3) is 0.214. The molecule has 0 spiro atoms. The molecule has 0 aliphatic carbocycles. The molecule has 0 saturated heterocycles. The van der Waals surface area contributed by atoms with Crippen molar-refractivity contribution in [3.8, 4) is 0 Å². The summed E-state index contributed by atoms with van der Waals surface area (Å²) in [5.41, 5.74) is 3.69. The van der Waals surface area contributed by atoms with Crippen LogP contribution in [0.1, 0.15) is 33.6 Å². The minimum absolute atomic E-state index is 0.288. The number of halogens is 2. The lowest BCUT2D eigenvalue weighted by atomic mass is 10.2. The minimum Gasteiger partial charge on any atom is -0.368 e. The third kappa shape index (κ3) is 6.40. The maximum atomic E-state index is 12.4. The minimum atomic E-state index is -0.459. The molecular weight excluding hydrogens is 658 g/mol. The smallest absolute Gasteiger partial charge is 0.254 e. The number of dihydropyridines is 1. The fourth-order valence-corrected chi connectivity index (χ4v) is 5.75. The Morgan fingerprint density at radius 1 is 1.20 bits per heavy atom. The van der Waals surface area contributed by atoms with E-state index in [0.29, 0.717) is 17.2 Å². The molecule has 2 atom stereocenters. The molecule has 2 unspecified atom stereocenters. The predicted molar refractivity (Wildman–Crippen MR) is 177 cm³/mol. The van der Waals surface area contributed by atoms with Gasteiger partial charge in [0.05, 0.1) is 45.6 Å². The van der Waals surface area contributed by atoms with Crippen molar-refractivity contribution in [3.63, 3.8) is 0 Å². The number of fused-ring (bicyclic) bond motifs is 2. The second-order valence-corrected chi connectivity index (χ2v) is 11.3. The topological polar surface area (TPSA) is 113 Å². The van der Waals surface area contributed by atoms with Gasteiger partial charge in [0.15, 0.2) is 5.82 Å². The van der Waals surface area contributed by atoms with E-state index >= 15 is 0 Å². The molecule has 2 aromatic heterocycles. The standard InChI is InChI=1S/C24H21ClIN8OP.C4H10/c1-2-14(12-27)24(35)31-21-11-15(9-10-28-21)33-19-6-4-3-5-16(19)23(32-33)30-18-7-8-20-17(22(18)25)13-29-34(20)36-26;1-3-4-2/h2-13,21,27-28,36H,1H3,(H,30,32)(H,31,35);3-4H2,1-2H3/b14-2+,27-12?;. The molecule has 3 heterocycles. The summed E-state index contributed by atoms with van der Waals surface area (Å²) in [5, 5.41) is 28.4. The second kappa shape index (κ2) is 13.9. The van der Waals surface area contributed by atoms with Gasteiger partial charge in [-0.3, -0.25) is 4.79 Å². The monoisotopic (exact) mass is 688 g/mol. The van der Waals surface area contributed by atoms with Crippen LogP contribution < -0.4 is 16.0 Å². The first-order valence-corrected chi connectivity index (χ1v) is 17.3. The number of carbonyl (C=O) groups excluding carboxylic acids is 1. The number of anilines is 2. The lowest BCUT2D eigenvalue weighted by Crippen LogP contribution is -2.43. The molecule has 12 heteroatoms. The largest absolute Gasteiger partial charge is 0.368 e. The Morgan fingerprint density at radius 2 is 1.98 bits per heavy atom. The van der Waals surface area contributed by atoms with Gasteiger partial charge in [-0.25, -0.2) is 9.13 Å². The lowest BCUT2D eigenvalue weighted by molar-refractivity contribution is -0.117. The van der Waals surface area contributed by atoms with Crippen molar-refractivity contribution in [2.24, 2.45) is 0 Å². The van der Waals surface area contributed by atoms with Crippen LogP contribution in [-0.2, 0) is 4.79 Å². The number of nitrogens with zero attached hydrogens (tertiary/aromatic N) is 4. The first kappa shape index (κ1) is 29.8. The van der Waals surface area contributed by atoms with E-state index in [-0.39, 0.29) is 11.5 Å². The zero-order valence-electron chi connectivity index (χ0n) is 22.4. The summed E-state index contributed by atoms with van der Waals surface area (Å²) in [7, 11) is 0. The summed E-state index contributed by atoms with van der Waals surface area (Å²) < 4.78 is 3.74. The molecule has 4 N–H and O–H groups in total. The fourth-order valence-electron chi connectivity index (χ4n) is 3.96. The predicted octanol–water partition coefficient (Wildman–Crippen LogP) is 7.38. The van der Waals surface area contributed by atoms with Crippen LogP contribution in [-0.4, -0.2) is 37.6 Å². The summed E-state index contributed by atoms with van der Waals surface area (Å²) in [4.78, 5) is 12.4. The van der Waals surface area contributed by atoms with Crippen LogP contribution in [0.2, 0.25) is 5.02 Å². The highest BCUT2D eigenvalue weighted by Crippen LogP contribution is 2.37. The van der Waals surface area contributed by atoms with Gasteiger partial charge in [-0.05, 0) is 65.4 Å². The molecule has 1 aliphatic rings. The number of nitrogens with one attached hydrogen (secondary N) is 4. The summed E-state index contributed by atoms with van der Waals surface area (Å²) in [6.45, 7) is 6.08. The molecule has 2 aromatic carbocycles. The number of hydrogen-bond acceptors (Lipinski definition) is 6. The molecule has 4 aromatic rings. The first-order valence-electron chi connectivity index (χ1n) is 12.9. The van der Waals surface area contributed by atoms with Gasteiger partial charge >= 0.3 is 0 Å². The normalized spacial score (nSPS) is 15.1. The van der Waals surface area contributed by atoms with Crippen molar-refractivity contribution in [2.75, 3.05) is 5.32 Å². The highest BCUT2D eigenvalue weighted by molar-refractivity contribution is 14.2. The zero-order chi connectivity index (χ0) is 28.6. The molecule has 9 nitrogen and oxygen atoms in total. The number of rotatable bonds is 8. The van der Waals surface area contributed by atoms with Gasteiger partial charge in [0, 0.05) is 23.2 Å². The van der Waals surface area contributed by atoms with Gasteiger partial charge in [-0.2, -0.15) is 5.10 Å². The van der Waals surface area contributed by atoms with Gasteiger partial charge in [0.25, 0.3) is 5.91 Å². The van der Waals surface area contributed by atoms with Crippen LogP contribution in [0.4, 0.5) is 11.5 Å².